The van der Waals surface area contributed by atoms with Crippen LogP contribution in [0.25, 0.3) is 0 Å². The first kappa shape index (κ1) is 18.6. The second-order valence-electron chi connectivity index (χ2n) is 6.08. The van der Waals surface area contributed by atoms with Gasteiger partial charge in [0.1, 0.15) is 17.2 Å². The number of nitrogens with one attached hydrogen (secondary N) is 1. The average Bonchev–Trinajstić information content (AvgIpc) is 2.60. The van der Waals surface area contributed by atoms with E-state index in [9.17, 15) is 4.79 Å². The maximum Gasteiger partial charge on any atom is 0.262 e. The molecule has 0 bridgehead atoms. The van der Waals surface area contributed by atoms with Crippen molar-refractivity contribution in [1.82, 2.24) is 0 Å². The van der Waals surface area contributed by atoms with Crippen LogP contribution in [-0.2, 0) is 4.79 Å². The van der Waals surface area contributed by atoms with Crippen LogP contribution in [0.1, 0.15) is 30.9 Å². The van der Waals surface area contributed by atoms with Crippen molar-refractivity contribution in [3.05, 3.63) is 47.5 Å². The molecular formula is C20H25NO4. The lowest BCUT2D eigenvalue weighted by Crippen LogP contribution is -2.20. The van der Waals surface area contributed by atoms with Crippen LogP contribution < -0.4 is 19.5 Å². The van der Waals surface area contributed by atoms with Crippen molar-refractivity contribution in [2.45, 2.75) is 26.7 Å². The zero-order valence-corrected chi connectivity index (χ0v) is 15.4. The zero-order chi connectivity index (χ0) is 18.4. The molecular weight excluding hydrogens is 318 g/mol. The Kier molecular flexibility index (Phi) is 6.28. The number of carbonyl (C=O) groups is 1. The standard InChI is InChI=1S/C20H25NO4/c1-13(2)17-8-6-16(10-14(17)3)25-12-20(22)21-18-9-7-15(23-4)11-19(18)24-5/h6-11,13H,12H2,1-5H3,(H,21,22). The SMILES string of the molecule is COc1ccc(NC(=O)COc2ccc(C(C)C)c(C)c2)c(OC)c1. The van der Waals surface area contributed by atoms with Crippen molar-refractivity contribution in [2.75, 3.05) is 26.1 Å². The Labute approximate surface area is 148 Å². The van der Waals surface area contributed by atoms with Gasteiger partial charge in [-0.1, -0.05) is 19.9 Å². The highest BCUT2D eigenvalue weighted by Gasteiger charge is 2.10. The fourth-order valence-electron chi connectivity index (χ4n) is 2.62. The summed E-state index contributed by atoms with van der Waals surface area (Å²) in [5, 5.41) is 2.78. The Bertz CT molecular complexity index is 740. The highest BCUT2D eigenvalue weighted by Crippen LogP contribution is 2.29. The molecule has 0 aliphatic heterocycles. The Morgan fingerprint density at radius 2 is 1.76 bits per heavy atom. The van der Waals surface area contributed by atoms with Crippen LogP contribution in [0.4, 0.5) is 5.69 Å². The van der Waals surface area contributed by atoms with E-state index in [1.165, 1.54) is 5.56 Å². The average molecular weight is 343 g/mol. The van der Waals surface area contributed by atoms with Crippen molar-refractivity contribution in [2.24, 2.45) is 0 Å². The Morgan fingerprint density at radius 1 is 1.04 bits per heavy atom. The van der Waals surface area contributed by atoms with Crippen LogP contribution in [-0.4, -0.2) is 26.7 Å². The van der Waals surface area contributed by atoms with Crippen molar-refractivity contribution in [3.63, 3.8) is 0 Å². The minimum atomic E-state index is -0.256. The molecule has 1 N–H and O–H groups in total. The number of aryl methyl sites for hydroxylation is 1. The summed E-state index contributed by atoms with van der Waals surface area (Å²) >= 11 is 0. The van der Waals surface area contributed by atoms with Crippen LogP contribution in [0.2, 0.25) is 0 Å². The normalized spacial score (nSPS) is 10.5. The second kappa shape index (κ2) is 8.42. The Hall–Kier alpha value is -2.69. The molecule has 0 heterocycles. The molecule has 0 fully saturated rings. The van der Waals surface area contributed by atoms with Gasteiger partial charge < -0.3 is 19.5 Å². The molecule has 0 saturated carbocycles. The first-order valence-electron chi connectivity index (χ1n) is 8.19. The number of methoxy groups -OCH3 is 2. The van der Waals surface area contributed by atoms with E-state index in [2.05, 4.69) is 19.2 Å². The first-order chi connectivity index (χ1) is 11.9. The molecule has 0 radical (unpaired) electrons. The van der Waals surface area contributed by atoms with E-state index in [1.807, 2.05) is 25.1 Å². The number of rotatable bonds is 7. The number of hydrogen-bond acceptors (Lipinski definition) is 4. The molecule has 0 aliphatic carbocycles. The fourth-order valence-corrected chi connectivity index (χ4v) is 2.62. The highest BCUT2D eigenvalue weighted by molar-refractivity contribution is 5.93. The topological polar surface area (TPSA) is 56.8 Å². The van der Waals surface area contributed by atoms with Crippen molar-refractivity contribution < 1.29 is 19.0 Å². The summed E-state index contributed by atoms with van der Waals surface area (Å²) in [6.45, 7) is 6.28. The van der Waals surface area contributed by atoms with Gasteiger partial charge in [-0.25, -0.2) is 0 Å². The highest BCUT2D eigenvalue weighted by atomic mass is 16.5. The zero-order valence-electron chi connectivity index (χ0n) is 15.4. The molecule has 25 heavy (non-hydrogen) atoms. The van der Waals surface area contributed by atoms with E-state index < -0.39 is 0 Å². The lowest BCUT2D eigenvalue weighted by atomic mass is 9.98. The maximum absolute atomic E-state index is 12.1. The largest absolute Gasteiger partial charge is 0.497 e. The summed E-state index contributed by atoms with van der Waals surface area (Å²) in [5.41, 5.74) is 3.01. The summed E-state index contributed by atoms with van der Waals surface area (Å²) in [5.74, 6) is 2.07. The van der Waals surface area contributed by atoms with Gasteiger partial charge in [0, 0.05) is 6.07 Å². The van der Waals surface area contributed by atoms with Gasteiger partial charge in [-0.2, -0.15) is 0 Å². The summed E-state index contributed by atoms with van der Waals surface area (Å²) in [6.07, 6.45) is 0. The molecule has 0 unspecified atom stereocenters. The summed E-state index contributed by atoms with van der Waals surface area (Å²) in [4.78, 5) is 12.1. The first-order valence-corrected chi connectivity index (χ1v) is 8.19. The number of carbonyl (C=O) groups excluding carboxylic acids is 1. The number of anilines is 1. The maximum atomic E-state index is 12.1. The molecule has 2 rings (SSSR count). The molecule has 2 aromatic rings. The van der Waals surface area contributed by atoms with Gasteiger partial charge in [0.15, 0.2) is 6.61 Å². The third-order valence-electron chi connectivity index (χ3n) is 3.92. The quantitative estimate of drug-likeness (QED) is 0.820. The van der Waals surface area contributed by atoms with E-state index >= 15 is 0 Å². The lowest BCUT2D eigenvalue weighted by Gasteiger charge is -2.14. The van der Waals surface area contributed by atoms with Gasteiger partial charge >= 0.3 is 0 Å². The number of benzene rings is 2. The van der Waals surface area contributed by atoms with E-state index in [1.54, 1.807) is 32.4 Å². The second-order valence-corrected chi connectivity index (χ2v) is 6.08. The van der Waals surface area contributed by atoms with E-state index in [-0.39, 0.29) is 12.5 Å². The van der Waals surface area contributed by atoms with Crippen LogP contribution in [0.5, 0.6) is 17.2 Å². The minimum Gasteiger partial charge on any atom is -0.497 e. The lowest BCUT2D eigenvalue weighted by molar-refractivity contribution is -0.118. The third-order valence-corrected chi connectivity index (χ3v) is 3.92. The van der Waals surface area contributed by atoms with E-state index in [4.69, 9.17) is 14.2 Å². The molecule has 0 atom stereocenters. The molecule has 2 aromatic carbocycles. The van der Waals surface area contributed by atoms with Crippen LogP contribution in [0.15, 0.2) is 36.4 Å². The van der Waals surface area contributed by atoms with Crippen LogP contribution in [0.3, 0.4) is 0 Å². The molecule has 0 saturated heterocycles. The van der Waals surface area contributed by atoms with Crippen molar-refractivity contribution in [3.8, 4) is 17.2 Å². The van der Waals surface area contributed by atoms with Gasteiger partial charge in [0.2, 0.25) is 0 Å². The number of hydrogen-bond donors (Lipinski definition) is 1. The Morgan fingerprint density at radius 3 is 2.36 bits per heavy atom. The monoisotopic (exact) mass is 343 g/mol. The van der Waals surface area contributed by atoms with E-state index in [0.29, 0.717) is 28.9 Å². The predicted octanol–water partition coefficient (Wildman–Crippen LogP) is 4.15. The van der Waals surface area contributed by atoms with Crippen molar-refractivity contribution >= 4 is 11.6 Å². The minimum absolute atomic E-state index is 0.0738. The molecule has 0 spiro atoms. The molecule has 5 nitrogen and oxygen atoms in total. The molecule has 5 heteroatoms. The van der Waals surface area contributed by atoms with Gasteiger partial charge in [-0.05, 0) is 48.2 Å². The van der Waals surface area contributed by atoms with E-state index in [0.717, 1.165) is 5.56 Å². The van der Waals surface area contributed by atoms with Crippen LogP contribution >= 0.6 is 0 Å². The van der Waals surface area contributed by atoms with Gasteiger partial charge in [-0.3, -0.25) is 4.79 Å². The summed E-state index contributed by atoms with van der Waals surface area (Å²) < 4.78 is 16.0. The molecule has 0 aromatic heterocycles. The molecule has 134 valence electrons. The smallest absolute Gasteiger partial charge is 0.262 e. The molecule has 0 aliphatic rings. The summed E-state index contributed by atoms with van der Waals surface area (Å²) in [7, 11) is 3.12. The number of amides is 1. The van der Waals surface area contributed by atoms with Gasteiger partial charge in [0.25, 0.3) is 5.91 Å². The van der Waals surface area contributed by atoms with Gasteiger partial charge in [-0.15, -0.1) is 0 Å². The van der Waals surface area contributed by atoms with Crippen LogP contribution in [0, 0.1) is 6.92 Å². The summed E-state index contributed by atoms with van der Waals surface area (Å²) in [6, 6.07) is 11.1. The van der Waals surface area contributed by atoms with Gasteiger partial charge in [0.05, 0.1) is 19.9 Å². The predicted molar refractivity (Wildman–Crippen MR) is 98.9 cm³/mol. The third kappa shape index (κ3) is 4.89. The van der Waals surface area contributed by atoms with Crippen molar-refractivity contribution in [1.29, 1.82) is 0 Å². The number of ether oxygens (including phenoxy) is 3. The Balaban J connectivity index is 1.98. The molecule has 1 amide bonds. The fraction of sp³-hybridized carbons (Fsp3) is 0.350.